The Labute approximate surface area is 118 Å². The summed E-state index contributed by atoms with van der Waals surface area (Å²) < 4.78 is 15.1. The van der Waals surface area contributed by atoms with Gasteiger partial charge in [0.05, 0.1) is 0 Å². The van der Waals surface area contributed by atoms with E-state index in [1.807, 2.05) is 18.2 Å². The number of nitrogens with zero attached hydrogens (tertiary/aromatic N) is 1. The van der Waals surface area contributed by atoms with Crippen LogP contribution in [0.25, 0.3) is 0 Å². The third-order valence-corrected chi connectivity index (χ3v) is 4.53. The molecular weight excluding hydrogens is 251 g/mol. The van der Waals surface area contributed by atoms with Crippen LogP contribution in [-0.4, -0.2) is 11.5 Å². The Kier molecular flexibility index (Phi) is 2.72. The second-order valence-electron chi connectivity index (χ2n) is 5.65. The first-order valence-electron chi connectivity index (χ1n) is 7.28. The van der Waals surface area contributed by atoms with Crippen molar-refractivity contribution in [2.75, 3.05) is 11.9 Å². The van der Waals surface area contributed by atoms with Gasteiger partial charge < -0.3 is 5.32 Å². The Balaban J connectivity index is 1.73. The first kappa shape index (κ1) is 11.9. The van der Waals surface area contributed by atoms with Gasteiger partial charge in [0.2, 0.25) is 0 Å². The molecule has 0 saturated carbocycles. The molecule has 0 fully saturated rings. The van der Waals surface area contributed by atoms with Gasteiger partial charge in [0, 0.05) is 35.6 Å². The van der Waals surface area contributed by atoms with Gasteiger partial charge in [-0.15, -0.1) is 0 Å². The van der Waals surface area contributed by atoms with Gasteiger partial charge in [-0.05, 0) is 36.5 Å². The molecule has 3 heteroatoms. The van der Waals surface area contributed by atoms with E-state index in [4.69, 9.17) is 0 Å². The zero-order valence-corrected chi connectivity index (χ0v) is 11.3. The summed E-state index contributed by atoms with van der Waals surface area (Å²) in [5.74, 6) is -0.0971. The van der Waals surface area contributed by atoms with E-state index in [0.717, 1.165) is 42.8 Å². The monoisotopic (exact) mass is 268 g/mol. The molecule has 0 saturated heterocycles. The Morgan fingerprint density at radius 3 is 3.00 bits per heavy atom. The Hall–Kier alpha value is -1.90. The largest absolute Gasteiger partial charge is 0.384 e. The molecule has 0 bridgehead atoms. The normalized spacial score (nSPS) is 21.1. The molecule has 20 heavy (non-hydrogen) atoms. The zero-order chi connectivity index (χ0) is 13.5. The molecule has 1 aliphatic heterocycles. The van der Waals surface area contributed by atoms with E-state index in [1.54, 1.807) is 6.20 Å². The maximum Gasteiger partial charge on any atom is 0.135 e. The highest BCUT2D eigenvalue weighted by Gasteiger charge is 2.34. The number of halogens is 1. The number of benzene rings is 1. The predicted octanol–water partition coefficient (Wildman–Crippen LogP) is 3.79. The zero-order valence-electron chi connectivity index (χ0n) is 11.3. The number of fused-ring (bicyclic) bond motifs is 2. The van der Waals surface area contributed by atoms with Crippen molar-refractivity contribution in [3.8, 4) is 0 Å². The summed E-state index contributed by atoms with van der Waals surface area (Å²) in [5, 5.41) is 3.34. The van der Waals surface area contributed by atoms with Gasteiger partial charge in [0.25, 0.3) is 0 Å². The van der Waals surface area contributed by atoms with Crippen LogP contribution in [0.5, 0.6) is 0 Å². The first-order valence-corrected chi connectivity index (χ1v) is 7.28. The second-order valence-corrected chi connectivity index (χ2v) is 5.65. The highest BCUT2D eigenvalue weighted by atomic mass is 19.1. The summed E-state index contributed by atoms with van der Waals surface area (Å²) in [7, 11) is 0. The van der Waals surface area contributed by atoms with Crippen LogP contribution < -0.4 is 5.32 Å². The molecule has 1 N–H and O–H groups in total. The Bertz CT molecular complexity index is 653. The number of pyridine rings is 1. The summed E-state index contributed by atoms with van der Waals surface area (Å²) in [6.45, 7) is 0.915. The molecule has 1 aromatic heterocycles. The molecule has 2 unspecified atom stereocenters. The molecule has 1 aliphatic carbocycles. The van der Waals surface area contributed by atoms with Crippen molar-refractivity contribution in [2.24, 2.45) is 0 Å². The minimum absolute atomic E-state index is 0.0971. The Morgan fingerprint density at radius 1 is 1.15 bits per heavy atom. The van der Waals surface area contributed by atoms with Crippen LogP contribution in [0, 0.1) is 0 Å². The van der Waals surface area contributed by atoms with Crippen LogP contribution in [0.4, 0.5) is 10.1 Å². The van der Waals surface area contributed by atoms with Crippen molar-refractivity contribution in [1.29, 1.82) is 0 Å². The van der Waals surface area contributed by atoms with Crippen LogP contribution in [0.2, 0.25) is 0 Å². The number of hydrogen-bond donors (Lipinski definition) is 1. The van der Waals surface area contributed by atoms with Crippen molar-refractivity contribution >= 4 is 5.69 Å². The van der Waals surface area contributed by atoms with Crippen LogP contribution >= 0.6 is 0 Å². The number of aromatic nitrogens is 1. The van der Waals surface area contributed by atoms with Crippen molar-refractivity contribution in [1.82, 2.24) is 4.98 Å². The molecule has 2 nitrogen and oxygen atoms in total. The quantitative estimate of drug-likeness (QED) is 0.896. The number of aryl methyl sites for hydroxylation is 1. The molecule has 4 rings (SSSR count). The number of rotatable bonds is 2. The van der Waals surface area contributed by atoms with E-state index in [0.29, 0.717) is 0 Å². The van der Waals surface area contributed by atoms with Crippen molar-refractivity contribution in [2.45, 2.75) is 31.4 Å². The van der Waals surface area contributed by atoms with E-state index >= 15 is 4.39 Å². The van der Waals surface area contributed by atoms with Gasteiger partial charge in [-0.3, -0.25) is 4.98 Å². The lowest BCUT2D eigenvalue weighted by atomic mass is 9.92. The van der Waals surface area contributed by atoms with Gasteiger partial charge in [-0.2, -0.15) is 0 Å². The summed E-state index contributed by atoms with van der Waals surface area (Å²) in [6.07, 6.45) is 3.60. The maximum absolute atomic E-state index is 15.1. The summed E-state index contributed by atoms with van der Waals surface area (Å²) in [5.41, 5.74) is 5.23. The fourth-order valence-corrected chi connectivity index (χ4v) is 3.54. The summed E-state index contributed by atoms with van der Waals surface area (Å²) in [6, 6.07) is 10.00. The summed E-state index contributed by atoms with van der Waals surface area (Å²) in [4.78, 5) is 4.42. The van der Waals surface area contributed by atoms with Gasteiger partial charge in [-0.25, -0.2) is 4.39 Å². The first-order chi connectivity index (χ1) is 9.84. The minimum Gasteiger partial charge on any atom is -0.384 e. The van der Waals surface area contributed by atoms with Crippen molar-refractivity contribution in [3.63, 3.8) is 0 Å². The standard InChI is InChI=1S/C17H17FN2/c18-15(13-5-1-3-12-8-10-20-17(12)13)14-7-6-11-4-2-9-19-16(11)14/h1-5,9,14-15,20H,6-8,10H2. The maximum atomic E-state index is 15.1. The third kappa shape index (κ3) is 1.73. The lowest BCUT2D eigenvalue weighted by Gasteiger charge is -2.19. The van der Waals surface area contributed by atoms with Crippen LogP contribution in [0.15, 0.2) is 36.5 Å². The molecule has 0 radical (unpaired) electrons. The molecule has 2 heterocycles. The van der Waals surface area contributed by atoms with Crippen molar-refractivity contribution in [3.05, 3.63) is 58.9 Å². The van der Waals surface area contributed by atoms with E-state index in [-0.39, 0.29) is 5.92 Å². The molecule has 0 spiro atoms. The van der Waals surface area contributed by atoms with Gasteiger partial charge in [-0.1, -0.05) is 24.3 Å². The minimum atomic E-state index is -0.966. The van der Waals surface area contributed by atoms with E-state index in [1.165, 1.54) is 11.1 Å². The smallest absolute Gasteiger partial charge is 0.135 e. The fraction of sp³-hybridized carbons (Fsp3) is 0.353. The number of hydrogen-bond acceptors (Lipinski definition) is 2. The SMILES string of the molecule is FC(c1cccc2c1NCC2)C1CCc2cccnc21. The molecule has 2 atom stereocenters. The van der Waals surface area contributed by atoms with E-state index in [2.05, 4.69) is 22.4 Å². The molecule has 2 aliphatic rings. The lowest BCUT2D eigenvalue weighted by molar-refractivity contribution is 0.284. The van der Waals surface area contributed by atoms with Gasteiger partial charge in [0.1, 0.15) is 6.17 Å². The number of alkyl halides is 1. The average Bonchev–Trinajstić information content (AvgIpc) is 3.12. The highest BCUT2D eigenvalue weighted by molar-refractivity contribution is 5.62. The van der Waals surface area contributed by atoms with Crippen molar-refractivity contribution < 1.29 is 4.39 Å². The fourth-order valence-electron chi connectivity index (χ4n) is 3.54. The Morgan fingerprint density at radius 2 is 2.05 bits per heavy atom. The van der Waals surface area contributed by atoms with Crippen LogP contribution in [0.3, 0.4) is 0 Å². The third-order valence-electron chi connectivity index (χ3n) is 4.53. The number of nitrogens with one attached hydrogen (secondary N) is 1. The molecule has 102 valence electrons. The predicted molar refractivity (Wildman–Crippen MR) is 77.8 cm³/mol. The van der Waals surface area contributed by atoms with Crippen LogP contribution in [0.1, 0.15) is 40.9 Å². The molecule has 2 aromatic rings. The molecular formula is C17H17FN2. The van der Waals surface area contributed by atoms with Gasteiger partial charge >= 0.3 is 0 Å². The topological polar surface area (TPSA) is 24.9 Å². The molecule has 0 amide bonds. The van der Waals surface area contributed by atoms with E-state index in [9.17, 15) is 0 Å². The van der Waals surface area contributed by atoms with Gasteiger partial charge in [0.15, 0.2) is 0 Å². The summed E-state index contributed by atoms with van der Waals surface area (Å²) >= 11 is 0. The number of para-hydroxylation sites is 1. The molecule has 1 aromatic carbocycles. The number of anilines is 1. The van der Waals surface area contributed by atoms with E-state index < -0.39 is 6.17 Å². The highest BCUT2D eigenvalue weighted by Crippen LogP contribution is 2.45. The lowest BCUT2D eigenvalue weighted by Crippen LogP contribution is -2.08. The second kappa shape index (κ2) is 4.58. The average molecular weight is 268 g/mol. The van der Waals surface area contributed by atoms with Crippen LogP contribution in [-0.2, 0) is 12.8 Å².